The first-order chi connectivity index (χ1) is 11.7. The Hall–Kier alpha value is -2.14. The van der Waals surface area contributed by atoms with Crippen molar-refractivity contribution in [3.05, 3.63) is 48.3 Å². The van der Waals surface area contributed by atoms with Crippen molar-refractivity contribution in [2.45, 2.75) is 32.1 Å². The molecule has 2 aromatic rings. The molecule has 0 saturated carbocycles. The van der Waals surface area contributed by atoms with Gasteiger partial charge in [-0.15, -0.1) is 0 Å². The Balaban J connectivity index is 1.54. The number of aryl methyl sites for hydroxylation is 1. The topological polar surface area (TPSA) is 75.3 Å². The summed E-state index contributed by atoms with van der Waals surface area (Å²) in [4.78, 5) is 10.5. The molecule has 0 aliphatic carbocycles. The molecule has 0 atom stereocenters. The van der Waals surface area contributed by atoms with Crippen LogP contribution in [-0.2, 0) is 6.42 Å². The van der Waals surface area contributed by atoms with Gasteiger partial charge in [0.25, 0.3) is 0 Å². The van der Waals surface area contributed by atoms with Crippen LogP contribution in [0.2, 0.25) is 0 Å². The number of piperidine rings is 1. The van der Waals surface area contributed by atoms with Crippen molar-refractivity contribution < 1.29 is 5.11 Å². The van der Waals surface area contributed by atoms with Crippen LogP contribution in [0.15, 0.2) is 42.7 Å². The van der Waals surface area contributed by atoms with Crippen LogP contribution in [0.3, 0.4) is 0 Å². The third-order valence-electron chi connectivity index (χ3n) is 5.17. The number of hydrogen-bond donors (Lipinski definition) is 2. The molecule has 2 heterocycles. The summed E-state index contributed by atoms with van der Waals surface area (Å²) in [5, 5.41) is 9.98. The second-order valence-corrected chi connectivity index (χ2v) is 6.79. The van der Waals surface area contributed by atoms with Crippen LogP contribution in [0.1, 0.15) is 31.2 Å². The summed E-state index contributed by atoms with van der Waals surface area (Å²) in [5.41, 5.74) is 7.17. The maximum absolute atomic E-state index is 9.98. The SMILES string of the molecule is Nc1cc(N2CCC(CO)(CCCc3ccccc3)CC2)ncn1. The molecule has 1 aliphatic heterocycles. The van der Waals surface area contributed by atoms with E-state index in [1.807, 2.05) is 12.1 Å². The van der Waals surface area contributed by atoms with E-state index in [2.05, 4.69) is 39.1 Å². The maximum Gasteiger partial charge on any atom is 0.134 e. The molecule has 1 fully saturated rings. The van der Waals surface area contributed by atoms with Gasteiger partial charge in [-0.2, -0.15) is 0 Å². The smallest absolute Gasteiger partial charge is 0.134 e. The van der Waals surface area contributed by atoms with E-state index in [-0.39, 0.29) is 12.0 Å². The van der Waals surface area contributed by atoms with Gasteiger partial charge in [0.15, 0.2) is 0 Å². The number of aliphatic hydroxyl groups is 1. The van der Waals surface area contributed by atoms with Crippen molar-refractivity contribution in [3.63, 3.8) is 0 Å². The molecular weight excluding hydrogens is 300 g/mol. The molecule has 5 heteroatoms. The fourth-order valence-corrected chi connectivity index (χ4v) is 3.54. The molecule has 128 valence electrons. The third-order valence-corrected chi connectivity index (χ3v) is 5.17. The Morgan fingerprint density at radius 2 is 1.88 bits per heavy atom. The van der Waals surface area contributed by atoms with E-state index >= 15 is 0 Å². The summed E-state index contributed by atoms with van der Waals surface area (Å²) in [6, 6.07) is 12.4. The van der Waals surface area contributed by atoms with Gasteiger partial charge >= 0.3 is 0 Å². The highest BCUT2D eigenvalue weighted by Gasteiger charge is 2.33. The van der Waals surface area contributed by atoms with Gasteiger partial charge in [0.1, 0.15) is 18.0 Å². The molecule has 1 saturated heterocycles. The number of benzene rings is 1. The number of nitrogen functional groups attached to an aromatic ring is 1. The molecular formula is C19H26N4O. The van der Waals surface area contributed by atoms with Crippen LogP contribution < -0.4 is 10.6 Å². The summed E-state index contributed by atoms with van der Waals surface area (Å²) < 4.78 is 0. The Kier molecular flexibility index (Phi) is 5.30. The number of nitrogens with zero attached hydrogens (tertiary/aromatic N) is 3. The van der Waals surface area contributed by atoms with Crippen LogP contribution in [-0.4, -0.2) is 34.8 Å². The van der Waals surface area contributed by atoms with E-state index in [9.17, 15) is 5.11 Å². The third kappa shape index (κ3) is 4.03. The average Bonchev–Trinajstić information content (AvgIpc) is 2.63. The lowest BCUT2D eigenvalue weighted by molar-refractivity contribution is 0.0849. The largest absolute Gasteiger partial charge is 0.396 e. The molecule has 1 aromatic carbocycles. The van der Waals surface area contributed by atoms with E-state index in [4.69, 9.17) is 5.73 Å². The predicted octanol–water partition coefficient (Wildman–Crippen LogP) is 2.66. The van der Waals surface area contributed by atoms with Crippen molar-refractivity contribution in [1.82, 2.24) is 9.97 Å². The van der Waals surface area contributed by atoms with Crippen LogP contribution in [0.5, 0.6) is 0 Å². The highest BCUT2D eigenvalue weighted by Crippen LogP contribution is 2.37. The zero-order valence-electron chi connectivity index (χ0n) is 14.1. The van der Waals surface area contributed by atoms with E-state index in [0.717, 1.165) is 51.0 Å². The second kappa shape index (κ2) is 7.62. The van der Waals surface area contributed by atoms with Crippen LogP contribution in [0.4, 0.5) is 11.6 Å². The fourth-order valence-electron chi connectivity index (χ4n) is 3.54. The highest BCUT2D eigenvalue weighted by atomic mass is 16.3. The van der Waals surface area contributed by atoms with Gasteiger partial charge in [-0.05, 0) is 43.1 Å². The van der Waals surface area contributed by atoms with Gasteiger partial charge in [-0.25, -0.2) is 9.97 Å². The Morgan fingerprint density at radius 3 is 2.54 bits per heavy atom. The summed E-state index contributed by atoms with van der Waals surface area (Å²) in [6.07, 6.45) is 6.75. The summed E-state index contributed by atoms with van der Waals surface area (Å²) >= 11 is 0. The molecule has 1 aromatic heterocycles. The van der Waals surface area contributed by atoms with Crippen molar-refractivity contribution in [2.75, 3.05) is 30.3 Å². The van der Waals surface area contributed by atoms with Crippen molar-refractivity contribution in [3.8, 4) is 0 Å². The van der Waals surface area contributed by atoms with Gasteiger partial charge in [0.05, 0.1) is 0 Å². The van der Waals surface area contributed by atoms with Gasteiger partial charge < -0.3 is 15.7 Å². The summed E-state index contributed by atoms with van der Waals surface area (Å²) in [6.45, 7) is 2.08. The number of nitrogens with two attached hydrogens (primary N) is 1. The minimum Gasteiger partial charge on any atom is -0.396 e. The van der Waals surface area contributed by atoms with Gasteiger partial charge in [0.2, 0.25) is 0 Å². The van der Waals surface area contributed by atoms with Gasteiger partial charge in [0, 0.05) is 25.8 Å². The molecule has 0 unspecified atom stereocenters. The Bertz CT molecular complexity index is 639. The Labute approximate surface area is 143 Å². The Morgan fingerprint density at radius 1 is 1.12 bits per heavy atom. The molecule has 0 amide bonds. The van der Waals surface area contributed by atoms with Crippen molar-refractivity contribution in [2.24, 2.45) is 5.41 Å². The minimum atomic E-state index is 0.0455. The lowest BCUT2D eigenvalue weighted by Gasteiger charge is -2.41. The molecule has 3 rings (SSSR count). The van der Waals surface area contributed by atoms with Crippen LogP contribution in [0.25, 0.3) is 0 Å². The van der Waals surface area contributed by atoms with Crippen LogP contribution >= 0.6 is 0 Å². The molecule has 0 spiro atoms. The molecule has 0 radical (unpaired) electrons. The zero-order chi connectivity index (χ0) is 16.8. The van der Waals surface area contributed by atoms with Gasteiger partial charge in [-0.3, -0.25) is 0 Å². The number of aliphatic hydroxyl groups excluding tert-OH is 1. The lowest BCUT2D eigenvalue weighted by Crippen LogP contribution is -2.42. The standard InChI is InChI=1S/C19H26N4O/c20-17-13-18(22-15-21-17)23-11-9-19(14-24,10-12-23)8-4-7-16-5-2-1-3-6-16/h1-3,5-6,13,15,24H,4,7-12,14H2,(H2,20,21,22). The minimum absolute atomic E-state index is 0.0455. The first-order valence-electron chi connectivity index (χ1n) is 8.68. The van der Waals surface area contributed by atoms with E-state index in [1.165, 1.54) is 11.9 Å². The average molecular weight is 326 g/mol. The normalized spacial score (nSPS) is 17.0. The monoisotopic (exact) mass is 326 g/mol. The summed E-state index contributed by atoms with van der Waals surface area (Å²) in [7, 11) is 0. The fraction of sp³-hybridized carbons (Fsp3) is 0.474. The molecule has 3 N–H and O–H groups in total. The van der Waals surface area contributed by atoms with Crippen molar-refractivity contribution >= 4 is 11.6 Å². The number of aromatic nitrogens is 2. The van der Waals surface area contributed by atoms with Crippen LogP contribution in [0, 0.1) is 5.41 Å². The van der Waals surface area contributed by atoms with Crippen molar-refractivity contribution in [1.29, 1.82) is 0 Å². The van der Waals surface area contributed by atoms with E-state index in [1.54, 1.807) is 0 Å². The lowest BCUT2D eigenvalue weighted by atomic mass is 9.75. The second-order valence-electron chi connectivity index (χ2n) is 6.79. The molecule has 0 bridgehead atoms. The quantitative estimate of drug-likeness (QED) is 0.853. The number of anilines is 2. The maximum atomic E-state index is 9.98. The van der Waals surface area contributed by atoms with E-state index < -0.39 is 0 Å². The molecule has 5 nitrogen and oxygen atoms in total. The highest BCUT2D eigenvalue weighted by molar-refractivity contribution is 5.46. The number of hydrogen-bond acceptors (Lipinski definition) is 5. The van der Waals surface area contributed by atoms with Gasteiger partial charge in [-0.1, -0.05) is 30.3 Å². The summed E-state index contributed by atoms with van der Waals surface area (Å²) in [5.74, 6) is 1.39. The molecule has 1 aliphatic rings. The molecule has 24 heavy (non-hydrogen) atoms. The zero-order valence-corrected chi connectivity index (χ0v) is 14.1. The first-order valence-corrected chi connectivity index (χ1v) is 8.68. The van der Waals surface area contributed by atoms with E-state index in [0.29, 0.717) is 5.82 Å². The predicted molar refractivity (Wildman–Crippen MR) is 96.8 cm³/mol. The number of rotatable bonds is 6. The first kappa shape index (κ1) is 16.7.